The number of rotatable bonds is 9. The number of carbonyl (C=O) groups is 3. The Kier molecular flexibility index (Phi) is 9.40. The van der Waals surface area contributed by atoms with E-state index in [0.717, 1.165) is 55.2 Å². The second-order valence-electron chi connectivity index (χ2n) is 8.81. The van der Waals surface area contributed by atoms with Crippen LogP contribution in [0.1, 0.15) is 79.1 Å². The second-order valence-corrected chi connectivity index (χ2v) is 9.85. The van der Waals surface area contributed by atoms with Crippen LogP contribution >= 0.6 is 11.8 Å². The molecule has 166 valence electrons. The maximum absolute atomic E-state index is 13.4. The van der Waals surface area contributed by atoms with Gasteiger partial charge in [-0.2, -0.15) is 0 Å². The van der Waals surface area contributed by atoms with Gasteiger partial charge in [-0.3, -0.25) is 14.4 Å². The normalized spacial score (nSPS) is 16.7. The van der Waals surface area contributed by atoms with E-state index in [0.29, 0.717) is 18.0 Å². The Morgan fingerprint density at radius 2 is 1.77 bits per heavy atom. The molecule has 6 heteroatoms. The van der Waals surface area contributed by atoms with Gasteiger partial charge in [0, 0.05) is 17.2 Å². The third-order valence-electron chi connectivity index (χ3n) is 5.91. The molecule has 1 fully saturated rings. The zero-order chi connectivity index (χ0) is 22.1. The van der Waals surface area contributed by atoms with Gasteiger partial charge in [0.05, 0.1) is 11.7 Å². The molecule has 1 saturated carbocycles. The van der Waals surface area contributed by atoms with Gasteiger partial charge in [0.2, 0.25) is 16.9 Å². The largest absolute Gasteiger partial charge is 0.346 e. The molecule has 30 heavy (non-hydrogen) atoms. The van der Waals surface area contributed by atoms with Crippen LogP contribution in [0.5, 0.6) is 0 Å². The van der Waals surface area contributed by atoms with Gasteiger partial charge < -0.3 is 10.6 Å². The summed E-state index contributed by atoms with van der Waals surface area (Å²) < 4.78 is 0. The lowest BCUT2D eigenvalue weighted by Gasteiger charge is -2.36. The van der Waals surface area contributed by atoms with Crippen molar-refractivity contribution in [3.63, 3.8) is 0 Å². The zero-order valence-electron chi connectivity index (χ0n) is 18.8. The van der Waals surface area contributed by atoms with Crippen LogP contribution in [0.2, 0.25) is 0 Å². The number of amides is 2. The fourth-order valence-electron chi connectivity index (χ4n) is 4.05. The van der Waals surface area contributed by atoms with Crippen molar-refractivity contribution in [1.29, 1.82) is 0 Å². The summed E-state index contributed by atoms with van der Waals surface area (Å²) in [5.41, 5.74) is 0.361. The predicted octanol–water partition coefficient (Wildman–Crippen LogP) is 5.55. The van der Waals surface area contributed by atoms with E-state index in [1.165, 1.54) is 13.3 Å². The Hall–Kier alpha value is -1.82. The van der Waals surface area contributed by atoms with Crippen molar-refractivity contribution in [3.05, 3.63) is 24.3 Å². The van der Waals surface area contributed by atoms with E-state index in [-0.39, 0.29) is 22.3 Å². The van der Waals surface area contributed by atoms with Crippen LogP contribution in [-0.2, 0) is 14.4 Å². The van der Waals surface area contributed by atoms with Crippen LogP contribution in [0.15, 0.2) is 29.2 Å². The molecular formula is C24H36N2O3S. The molecule has 2 N–H and O–H groups in total. The minimum Gasteiger partial charge on any atom is -0.346 e. The highest BCUT2D eigenvalue weighted by Crippen LogP contribution is 2.42. The molecule has 1 aromatic rings. The molecule has 0 bridgehead atoms. The Labute approximate surface area is 185 Å². The maximum atomic E-state index is 13.4. The van der Waals surface area contributed by atoms with E-state index in [4.69, 9.17) is 0 Å². The van der Waals surface area contributed by atoms with Crippen LogP contribution < -0.4 is 10.6 Å². The molecule has 1 aromatic carbocycles. The summed E-state index contributed by atoms with van der Waals surface area (Å²) in [6, 6.07) is 6.90. The first-order valence-corrected chi connectivity index (χ1v) is 12.0. The van der Waals surface area contributed by atoms with E-state index in [2.05, 4.69) is 24.5 Å². The molecule has 1 aliphatic carbocycles. The van der Waals surface area contributed by atoms with Crippen LogP contribution in [0.3, 0.4) is 0 Å². The summed E-state index contributed by atoms with van der Waals surface area (Å²) in [6.45, 7) is 7.68. The fraction of sp³-hybridized carbons (Fsp3) is 0.625. The van der Waals surface area contributed by atoms with Crippen LogP contribution in [0, 0.1) is 11.3 Å². The van der Waals surface area contributed by atoms with Gasteiger partial charge in [-0.25, -0.2) is 0 Å². The summed E-state index contributed by atoms with van der Waals surface area (Å²) >= 11 is 1.08. The van der Waals surface area contributed by atoms with Gasteiger partial charge in [0.25, 0.3) is 0 Å². The SMILES string of the molecule is CC[C@H](NC(C)=O)C(=O)Sc1ccccc1NC(=O)C1(CCC(C)C)CCCCC1. The first-order valence-electron chi connectivity index (χ1n) is 11.2. The summed E-state index contributed by atoms with van der Waals surface area (Å²) in [4.78, 5) is 38.2. The number of hydrogen-bond donors (Lipinski definition) is 2. The van der Waals surface area contributed by atoms with Gasteiger partial charge >= 0.3 is 0 Å². The lowest BCUT2D eigenvalue weighted by Crippen LogP contribution is -2.39. The van der Waals surface area contributed by atoms with Gasteiger partial charge in [-0.15, -0.1) is 0 Å². The van der Waals surface area contributed by atoms with Crippen LogP contribution in [0.25, 0.3) is 0 Å². The quantitative estimate of drug-likeness (QED) is 0.502. The summed E-state index contributed by atoms with van der Waals surface area (Å²) in [7, 11) is 0. The second kappa shape index (κ2) is 11.5. The van der Waals surface area contributed by atoms with Gasteiger partial charge in [0.15, 0.2) is 0 Å². The number of benzene rings is 1. The van der Waals surface area contributed by atoms with Gasteiger partial charge in [-0.1, -0.05) is 52.2 Å². The topological polar surface area (TPSA) is 75.3 Å². The molecule has 0 spiro atoms. The molecule has 0 aromatic heterocycles. The molecule has 0 aliphatic heterocycles. The van der Waals surface area contributed by atoms with E-state index >= 15 is 0 Å². The highest BCUT2D eigenvalue weighted by atomic mass is 32.2. The van der Waals surface area contributed by atoms with E-state index in [9.17, 15) is 14.4 Å². The number of anilines is 1. The van der Waals surface area contributed by atoms with Gasteiger partial charge in [-0.05, 0) is 61.9 Å². The van der Waals surface area contributed by atoms with Crippen molar-refractivity contribution in [2.45, 2.75) is 90.0 Å². The molecule has 5 nitrogen and oxygen atoms in total. The average molecular weight is 433 g/mol. The number of carbonyl (C=O) groups excluding carboxylic acids is 3. The number of para-hydroxylation sites is 1. The average Bonchev–Trinajstić information content (AvgIpc) is 2.72. The fourth-order valence-corrected chi connectivity index (χ4v) is 5.01. The third kappa shape index (κ3) is 6.86. The monoisotopic (exact) mass is 432 g/mol. The minimum atomic E-state index is -0.535. The van der Waals surface area contributed by atoms with Crippen molar-refractivity contribution >= 4 is 34.4 Å². The molecule has 1 atom stereocenters. The highest BCUT2D eigenvalue weighted by molar-refractivity contribution is 8.14. The first kappa shape index (κ1) is 24.4. The Bertz CT molecular complexity index is 742. The predicted molar refractivity (Wildman–Crippen MR) is 123 cm³/mol. The highest BCUT2D eigenvalue weighted by Gasteiger charge is 2.39. The summed E-state index contributed by atoms with van der Waals surface area (Å²) in [5.74, 6) is 0.427. The molecule has 1 aliphatic rings. The smallest absolute Gasteiger partial charge is 0.230 e. The van der Waals surface area contributed by atoms with E-state index in [1.54, 1.807) is 0 Å². The number of nitrogens with one attached hydrogen (secondary N) is 2. The van der Waals surface area contributed by atoms with E-state index < -0.39 is 6.04 Å². The summed E-state index contributed by atoms with van der Waals surface area (Å²) in [6.07, 6.45) is 7.71. The molecule has 0 heterocycles. The van der Waals surface area contributed by atoms with Crippen molar-refractivity contribution in [3.8, 4) is 0 Å². The van der Waals surface area contributed by atoms with E-state index in [1.807, 2.05) is 31.2 Å². The Balaban J connectivity index is 2.16. The van der Waals surface area contributed by atoms with Crippen molar-refractivity contribution < 1.29 is 14.4 Å². The summed E-state index contributed by atoms with van der Waals surface area (Å²) in [5, 5.41) is 5.72. The standard InChI is InChI=1S/C24H36N2O3S/c1-5-19(25-18(4)27)22(28)30-21-12-8-7-11-20(21)26-23(29)24(16-13-17(2)3)14-9-6-10-15-24/h7-8,11-12,17,19H,5-6,9-10,13-16H2,1-4H3,(H,25,27)(H,26,29)/t19-/m0/s1. The molecule has 2 rings (SSSR count). The number of thioether (sulfide) groups is 1. The third-order valence-corrected chi connectivity index (χ3v) is 6.97. The molecule has 0 saturated heterocycles. The Morgan fingerprint density at radius 3 is 2.37 bits per heavy atom. The Morgan fingerprint density at radius 1 is 1.10 bits per heavy atom. The van der Waals surface area contributed by atoms with Crippen molar-refractivity contribution in [2.75, 3.05) is 5.32 Å². The molecule has 2 amide bonds. The van der Waals surface area contributed by atoms with Crippen molar-refractivity contribution in [1.82, 2.24) is 5.32 Å². The molecule has 0 radical (unpaired) electrons. The number of hydrogen-bond acceptors (Lipinski definition) is 4. The van der Waals surface area contributed by atoms with Crippen molar-refractivity contribution in [2.24, 2.45) is 11.3 Å². The van der Waals surface area contributed by atoms with Crippen LogP contribution in [-0.4, -0.2) is 23.0 Å². The zero-order valence-corrected chi connectivity index (χ0v) is 19.6. The molecular weight excluding hydrogens is 396 g/mol. The van der Waals surface area contributed by atoms with Crippen LogP contribution in [0.4, 0.5) is 5.69 Å². The lowest BCUT2D eigenvalue weighted by molar-refractivity contribution is -0.128. The minimum absolute atomic E-state index is 0.0808. The first-order chi connectivity index (χ1) is 14.3. The maximum Gasteiger partial charge on any atom is 0.230 e. The van der Waals surface area contributed by atoms with Gasteiger partial charge in [0.1, 0.15) is 0 Å². The molecule has 0 unspecified atom stereocenters. The lowest BCUT2D eigenvalue weighted by atomic mass is 9.69.